The lowest BCUT2D eigenvalue weighted by Gasteiger charge is -2.12. The van der Waals surface area contributed by atoms with Crippen molar-refractivity contribution >= 4 is 5.97 Å². The lowest BCUT2D eigenvalue weighted by molar-refractivity contribution is -0.206. The van der Waals surface area contributed by atoms with Gasteiger partial charge in [0.2, 0.25) is 0 Å². The Hall–Kier alpha value is -0.780. The number of carboxylic acids is 1. The molecule has 0 spiro atoms. The van der Waals surface area contributed by atoms with E-state index in [0.29, 0.717) is 0 Å². The van der Waals surface area contributed by atoms with Gasteiger partial charge in [-0.25, -0.2) is 0 Å². The summed E-state index contributed by atoms with van der Waals surface area (Å²) in [4.78, 5) is 9.75. The van der Waals surface area contributed by atoms with Gasteiger partial charge in [-0.3, -0.25) is 4.79 Å². The topological polar surface area (TPSA) is 57.5 Å². The van der Waals surface area contributed by atoms with Gasteiger partial charge < -0.3 is 10.2 Å². The molecule has 66 valence electrons. The van der Waals surface area contributed by atoms with Crippen LogP contribution < -0.4 is 0 Å². The second-order valence-corrected chi connectivity index (χ2v) is 1.99. The molecule has 0 radical (unpaired) electrons. The van der Waals surface area contributed by atoms with Crippen molar-refractivity contribution in [3.05, 3.63) is 0 Å². The molecule has 6 heteroatoms. The third-order valence-electron chi connectivity index (χ3n) is 1.01. The lowest BCUT2D eigenvalue weighted by atomic mass is 10.2. The van der Waals surface area contributed by atoms with E-state index in [9.17, 15) is 18.0 Å². The van der Waals surface area contributed by atoms with Crippen molar-refractivity contribution in [2.75, 3.05) is 0 Å². The van der Waals surface area contributed by atoms with Crippen LogP contribution in [0.1, 0.15) is 12.8 Å². The van der Waals surface area contributed by atoms with E-state index >= 15 is 0 Å². The number of carbonyl (C=O) groups is 1. The predicted molar refractivity (Wildman–Crippen MR) is 28.9 cm³/mol. The molecule has 0 bridgehead atoms. The van der Waals surface area contributed by atoms with Gasteiger partial charge >= 0.3 is 12.1 Å². The zero-order chi connectivity index (χ0) is 9.07. The average molecular weight is 172 g/mol. The molecular formula is C5H7F3O3. The molecule has 0 aromatic rings. The summed E-state index contributed by atoms with van der Waals surface area (Å²) in [5.41, 5.74) is 0. The molecule has 0 fully saturated rings. The van der Waals surface area contributed by atoms with E-state index < -0.39 is 31.1 Å². The Kier molecular flexibility index (Phi) is 3.31. The minimum Gasteiger partial charge on any atom is -0.481 e. The molecule has 0 rings (SSSR count). The van der Waals surface area contributed by atoms with Gasteiger partial charge in [-0.2, -0.15) is 13.2 Å². The minimum atomic E-state index is -4.71. The molecule has 2 N–H and O–H groups in total. The van der Waals surface area contributed by atoms with Crippen molar-refractivity contribution in [3.63, 3.8) is 0 Å². The largest absolute Gasteiger partial charge is 0.481 e. The van der Waals surface area contributed by atoms with Crippen LogP contribution in [0.3, 0.4) is 0 Å². The second kappa shape index (κ2) is 3.56. The first kappa shape index (κ1) is 10.2. The number of aliphatic hydroxyl groups is 1. The van der Waals surface area contributed by atoms with Gasteiger partial charge in [-0.15, -0.1) is 0 Å². The first-order valence-corrected chi connectivity index (χ1v) is 2.80. The number of carboxylic acid groups (broad SMARTS) is 1. The van der Waals surface area contributed by atoms with Crippen LogP contribution in [0.15, 0.2) is 0 Å². The zero-order valence-electron chi connectivity index (χ0n) is 5.43. The Balaban J connectivity index is 3.70. The Morgan fingerprint density at radius 1 is 1.45 bits per heavy atom. The first-order valence-electron chi connectivity index (χ1n) is 2.80. The molecule has 1 atom stereocenters. The standard InChI is InChI=1S/C5H7F3O3/c6-5(7,8)3(9)1-2-4(10)11/h3,9H,1-2H2,(H,10,11). The number of hydrogen-bond donors (Lipinski definition) is 2. The van der Waals surface area contributed by atoms with Gasteiger partial charge in [0.15, 0.2) is 0 Å². The first-order chi connectivity index (χ1) is 4.84. The van der Waals surface area contributed by atoms with Crippen LogP contribution in [0.4, 0.5) is 13.2 Å². The second-order valence-electron chi connectivity index (χ2n) is 1.99. The highest BCUT2D eigenvalue weighted by atomic mass is 19.4. The number of aliphatic carboxylic acids is 1. The smallest absolute Gasteiger partial charge is 0.414 e. The number of halogens is 3. The van der Waals surface area contributed by atoms with Crippen LogP contribution in [-0.2, 0) is 4.79 Å². The van der Waals surface area contributed by atoms with E-state index in [1.54, 1.807) is 0 Å². The molecule has 0 amide bonds. The highest BCUT2D eigenvalue weighted by molar-refractivity contribution is 5.66. The summed E-state index contributed by atoms with van der Waals surface area (Å²) in [6.07, 6.45) is -8.71. The van der Waals surface area contributed by atoms with Gasteiger partial charge in [0.05, 0.1) is 0 Å². The quantitative estimate of drug-likeness (QED) is 0.661. The number of aliphatic hydroxyl groups excluding tert-OH is 1. The predicted octanol–water partition coefficient (Wildman–Crippen LogP) is 0.774. The normalized spacial score (nSPS) is 14.5. The molecule has 1 unspecified atom stereocenters. The summed E-state index contributed by atoms with van der Waals surface area (Å²) in [6, 6.07) is 0. The fraction of sp³-hybridized carbons (Fsp3) is 0.800. The molecule has 0 aliphatic heterocycles. The van der Waals surface area contributed by atoms with E-state index in [0.717, 1.165) is 0 Å². The Morgan fingerprint density at radius 2 is 1.91 bits per heavy atom. The van der Waals surface area contributed by atoms with Gasteiger partial charge in [0.1, 0.15) is 6.10 Å². The zero-order valence-corrected chi connectivity index (χ0v) is 5.43. The van der Waals surface area contributed by atoms with Gasteiger partial charge in [-0.05, 0) is 6.42 Å². The van der Waals surface area contributed by atoms with Crippen molar-refractivity contribution in [3.8, 4) is 0 Å². The van der Waals surface area contributed by atoms with Gasteiger partial charge in [0.25, 0.3) is 0 Å². The van der Waals surface area contributed by atoms with E-state index in [4.69, 9.17) is 10.2 Å². The molecule has 0 saturated carbocycles. The minimum absolute atomic E-state index is 0.680. The maximum Gasteiger partial charge on any atom is 0.414 e. The molecule has 0 aromatic carbocycles. The number of hydrogen-bond acceptors (Lipinski definition) is 2. The van der Waals surface area contributed by atoms with Crippen LogP contribution in [0, 0.1) is 0 Å². The van der Waals surface area contributed by atoms with Crippen LogP contribution in [0.2, 0.25) is 0 Å². The summed E-state index contributed by atoms with van der Waals surface area (Å²) in [7, 11) is 0. The summed E-state index contributed by atoms with van der Waals surface area (Å²) in [5, 5.41) is 16.2. The number of rotatable bonds is 3. The SMILES string of the molecule is O=C(O)CCC(O)C(F)(F)F. The summed E-state index contributed by atoms with van der Waals surface area (Å²) in [6.45, 7) is 0. The Labute approximate surface area is 60.4 Å². The van der Waals surface area contributed by atoms with Crippen molar-refractivity contribution in [1.82, 2.24) is 0 Å². The van der Waals surface area contributed by atoms with Crippen molar-refractivity contribution in [1.29, 1.82) is 0 Å². The van der Waals surface area contributed by atoms with E-state index in [1.165, 1.54) is 0 Å². The molecule has 0 aliphatic carbocycles. The van der Waals surface area contributed by atoms with Crippen molar-refractivity contribution in [2.45, 2.75) is 25.1 Å². The maximum atomic E-state index is 11.5. The van der Waals surface area contributed by atoms with E-state index in [2.05, 4.69) is 0 Å². The van der Waals surface area contributed by atoms with Gasteiger partial charge in [-0.1, -0.05) is 0 Å². The molecule has 3 nitrogen and oxygen atoms in total. The van der Waals surface area contributed by atoms with Crippen molar-refractivity contribution < 1.29 is 28.2 Å². The molecule has 0 saturated heterocycles. The third kappa shape index (κ3) is 4.60. The highest BCUT2D eigenvalue weighted by Crippen LogP contribution is 2.22. The van der Waals surface area contributed by atoms with E-state index in [-0.39, 0.29) is 0 Å². The Bertz CT molecular complexity index is 142. The van der Waals surface area contributed by atoms with Gasteiger partial charge in [0, 0.05) is 6.42 Å². The van der Waals surface area contributed by atoms with Crippen molar-refractivity contribution in [2.24, 2.45) is 0 Å². The molecule has 0 aromatic heterocycles. The fourth-order valence-electron chi connectivity index (χ4n) is 0.424. The van der Waals surface area contributed by atoms with Crippen LogP contribution in [0.25, 0.3) is 0 Å². The third-order valence-corrected chi connectivity index (χ3v) is 1.01. The molecular weight excluding hydrogens is 165 g/mol. The molecule has 0 heterocycles. The summed E-state index contributed by atoms with van der Waals surface area (Å²) < 4.78 is 34.4. The lowest BCUT2D eigenvalue weighted by Crippen LogP contribution is -2.28. The number of alkyl halides is 3. The Morgan fingerprint density at radius 3 is 2.18 bits per heavy atom. The molecule has 11 heavy (non-hydrogen) atoms. The maximum absolute atomic E-state index is 11.5. The molecule has 0 aliphatic rings. The summed E-state index contributed by atoms with van der Waals surface area (Å²) >= 11 is 0. The summed E-state index contributed by atoms with van der Waals surface area (Å²) in [5.74, 6) is -1.35. The van der Waals surface area contributed by atoms with Crippen LogP contribution in [0.5, 0.6) is 0 Å². The highest BCUT2D eigenvalue weighted by Gasteiger charge is 2.37. The van der Waals surface area contributed by atoms with Crippen LogP contribution >= 0.6 is 0 Å². The monoisotopic (exact) mass is 172 g/mol. The van der Waals surface area contributed by atoms with Crippen LogP contribution in [-0.4, -0.2) is 28.5 Å². The van der Waals surface area contributed by atoms with E-state index in [1.807, 2.05) is 0 Å². The fourth-order valence-corrected chi connectivity index (χ4v) is 0.424. The average Bonchev–Trinajstić information content (AvgIpc) is 1.80.